The number of hydrogen-bond donors (Lipinski definition) is 0. The predicted molar refractivity (Wildman–Crippen MR) is 88.2 cm³/mol. The number of hydrogen-bond acceptors (Lipinski definition) is 5. The lowest BCUT2D eigenvalue weighted by Gasteiger charge is -2.24. The Hall–Kier alpha value is -1.95. The van der Waals surface area contributed by atoms with Crippen LogP contribution in [0.1, 0.15) is 39.2 Å². The third-order valence-corrected chi connectivity index (χ3v) is 3.59. The van der Waals surface area contributed by atoms with Crippen molar-refractivity contribution in [1.82, 2.24) is 10.2 Å². The van der Waals surface area contributed by atoms with Gasteiger partial charge in [0.15, 0.2) is 0 Å². The summed E-state index contributed by atoms with van der Waals surface area (Å²) in [6, 6.07) is 5.53. The van der Waals surface area contributed by atoms with E-state index in [-0.39, 0.29) is 17.6 Å². The van der Waals surface area contributed by atoms with E-state index in [1.54, 1.807) is 6.07 Å². The molecule has 1 aliphatic heterocycles. The van der Waals surface area contributed by atoms with Gasteiger partial charge in [-0.05, 0) is 23.6 Å². The van der Waals surface area contributed by atoms with Crippen LogP contribution in [-0.4, -0.2) is 36.5 Å². The monoisotopic (exact) mass is 321 g/mol. The summed E-state index contributed by atoms with van der Waals surface area (Å²) in [5.41, 5.74) is 1.29. The minimum Gasteiger partial charge on any atom is -0.403 e. The lowest BCUT2D eigenvalue weighted by molar-refractivity contribution is 0.120. The highest BCUT2D eigenvalue weighted by Gasteiger charge is 2.19. The molecule has 0 spiro atoms. The molecule has 0 amide bonds. The molecule has 126 valence electrons. The lowest BCUT2D eigenvalue weighted by atomic mass is 10.0. The van der Waals surface area contributed by atoms with E-state index >= 15 is 0 Å². The van der Waals surface area contributed by atoms with Gasteiger partial charge in [0.05, 0.1) is 18.8 Å². The van der Waals surface area contributed by atoms with E-state index in [9.17, 15) is 4.39 Å². The van der Waals surface area contributed by atoms with E-state index in [1.807, 2.05) is 38.7 Å². The maximum Gasteiger partial charge on any atom is 0.318 e. The average Bonchev–Trinajstić information content (AvgIpc) is 3.07. The van der Waals surface area contributed by atoms with Gasteiger partial charge in [-0.2, -0.15) is 0 Å². The molecule has 6 heteroatoms. The van der Waals surface area contributed by atoms with E-state index in [2.05, 4.69) is 10.2 Å². The molecule has 0 bridgehead atoms. The molecular weight excluding hydrogens is 297 g/mol. The number of benzene rings is 1. The first-order valence-corrected chi connectivity index (χ1v) is 8.11. The van der Waals surface area contributed by atoms with Crippen LogP contribution in [0.25, 0.3) is 11.5 Å². The van der Waals surface area contributed by atoms with Gasteiger partial charge in [-0.25, -0.2) is 4.39 Å². The first-order valence-electron chi connectivity index (χ1n) is 8.11. The summed E-state index contributed by atoms with van der Waals surface area (Å²) < 4.78 is 25.1. The number of halogens is 1. The van der Waals surface area contributed by atoms with Crippen LogP contribution in [0.3, 0.4) is 0 Å². The second-order valence-electron chi connectivity index (χ2n) is 5.38. The largest absolute Gasteiger partial charge is 0.403 e. The lowest BCUT2D eigenvalue weighted by Crippen LogP contribution is -2.36. The third kappa shape index (κ3) is 4.07. The fourth-order valence-electron chi connectivity index (χ4n) is 2.27. The molecule has 0 aliphatic carbocycles. The standard InChI is InChI=1S/C15H18FN3O2.C2H6/c1-10(2)11-3-4-12(13(16)9-11)14-17-18-15(21-14)19-5-7-20-8-6-19;1-2/h3-4,9-10H,5-8H2,1-2H3;1-2H3. The molecule has 3 rings (SSSR count). The van der Waals surface area contributed by atoms with Crippen molar-refractivity contribution in [3.05, 3.63) is 29.6 Å². The Balaban J connectivity index is 0.000000924. The van der Waals surface area contributed by atoms with Gasteiger partial charge in [-0.3, -0.25) is 0 Å². The van der Waals surface area contributed by atoms with Crippen molar-refractivity contribution in [1.29, 1.82) is 0 Å². The van der Waals surface area contributed by atoms with Crippen molar-refractivity contribution in [2.45, 2.75) is 33.6 Å². The van der Waals surface area contributed by atoms with Crippen LogP contribution >= 0.6 is 0 Å². The molecule has 23 heavy (non-hydrogen) atoms. The number of aromatic nitrogens is 2. The molecular formula is C17H24FN3O2. The molecule has 1 saturated heterocycles. The van der Waals surface area contributed by atoms with Gasteiger partial charge >= 0.3 is 6.01 Å². The summed E-state index contributed by atoms with van der Waals surface area (Å²) in [5, 5.41) is 7.96. The minimum atomic E-state index is -0.335. The number of anilines is 1. The van der Waals surface area contributed by atoms with Gasteiger partial charge in [0.25, 0.3) is 5.89 Å². The highest BCUT2D eigenvalue weighted by Crippen LogP contribution is 2.27. The zero-order valence-electron chi connectivity index (χ0n) is 14.2. The number of morpholine rings is 1. The van der Waals surface area contributed by atoms with Crippen LogP contribution in [0.15, 0.2) is 22.6 Å². The SMILES string of the molecule is CC.CC(C)c1ccc(-c2nnc(N3CCOCC3)o2)c(F)c1. The van der Waals surface area contributed by atoms with Crippen LogP contribution in [0.4, 0.5) is 10.4 Å². The molecule has 1 aromatic heterocycles. The Kier molecular flexibility index (Phi) is 6.10. The van der Waals surface area contributed by atoms with Gasteiger partial charge in [-0.15, -0.1) is 5.10 Å². The van der Waals surface area contributed by atoms with Crippen molar-refractivity contribution < 1.29 is 13.5 Å². The zero-order chi connectivity index (χ0) is 16.8. The first-order chi connectivity index (χ1) is 11.1. The molecule has 2 aromatic rings. The van der Waals surface area contributed by atoms with Gasteiger partial charge < -0.3 is 14.1 Å². The topological polar surface area (TPSA) is 51.4 Å². The summed E-state index contributed by atoms with van der Waals surface area (Å²) in [4.78, 5) is 1.94. The Labute approximate surface area is 136 Å². The van der Waals surface area contributed by atoms with Gasteiger partial charge in [0.1, 0.15) is 5.82 Å². The summed E-state index contributed by atoms with van der Waals surface area (Å²) in [7, 11) is 0. The van der Waals surface area contributed by atoms with E-state index in [1.165, 1.54) is 6.07 Å². The van der Waals surface area contributed by atoms with Crippen LogP contribution in [0.5, 0.6) is 0 Å². The normalized spacial score (nSPS) is 14.6. The van der Waals surface area contributed by atoms with E-state index < -0.39 is 0 Å². The van der Waals surface area contributed by atoms with E-state index in [0.29, 0.717) is 37.9 Å². The van der Waals surface area contributed by atoms with E-state index in [0.717, 1.165) is 5.56 Å². The molecule has 1 fully saturated rings. The van der Waals surface area contributed by atoms with E-state index in [4.69, 9.17) is 9.15 Å². The predicted octanol–water partition coefficient (Wildman–Crippen LogP) is 3.86. The van der Waals surface area contributed by atoms with Gasteiger partial charge in [-0.1, -0.05) is 38.9 Å². The maximum absolute atomic E-state index is 14.2. The van der Waals surface area contributed by atoms with Crippen molar-refractivity contribution in [2.24, 2.45) is 0 Å². The smallest absolute Gasteiger partial charge is 0.318 e. The molecule has 0 saturated carbocycles. The maximum atomic E-state index is 14.2. The molecule has 0 radical (unpaired) electrons. The number of rotatable bonds is 3. The molecule has 1 aromatic carbocycles. The van der Waals surface area contributed by atoms with Crippen molar-refractivity contribution in [3.63, 3.8) is 0 Å². The third-order valence-electron chi connectivity index (χ3n) is 3.59. The van der Waals surface area contributed by atoms with Crippen LogP contribution in [0, 0.1) is 5.82 Å². The Morgan fingerprint density at radius 1 is 1.13 bits per heavy atom. The molecule has 0 unspecified atom stereocenters. The van der Waals surface area contributed by atoms with Gasteiger partial charge in [0.2, 0.25) is 0 Å². The Morgan fingerprint density at radius 3 is 2.43 bits per heavy atom. The number of ether oxygens (including phenoxy) is 1. The zero-order valence-corrected chi connectivity index (χ0v) is 14.2. The Bertz CT molecular complexity index is 622. The average molecular weight is 321 g/mol. The summed E-state index contributed by atoms with van der Waals surface area (Å²) >= 11 is 0. The van der Waals surface area contributed by atoms with Crippen molar-refractivity contribution in [2.75, 3.05) is 31.2 Å². The second-order valence-corrected chi connectivity index (χ2v) is 5.38. The quantitative estimate of drug-likeness (QED) is 0.859. The van der Waals surface area contributed by atoms with Crippen molar-refractivity contribution >= 4 is 6.01 Å². The summed E-state index contributed by atoms with van der Waals surface area (Å²) in [6.45, 7) is 10.7. The van der Waals surface area contributed by atoms with Gasteiger partial charge in [0, 0.05) is 13.1 Å². The Morgan fingerprint density at radius 2 is 1.83 bits per heavy atom. The highest BCUT2D eigenvalue weighted by atomic mass is 19.1. The molecule has 1 aliphatic rings. The van der Waals surface area contributed by atoms with Crippen molar-refractivity contribution in [3.8, 4) is 11.5 Å². The summed E-state index contributed by atoms with van der Waals surface area (Å²) in [6.07, 6.45) is 0. The molecule has 5 nitrogen and oxygen atoms in total. The fourth-order valence-corrected chi connectivity index (χ4v) is 2.27. The molecule has 2 heterocycles. The summed E-state index contributed by atoms with van der Waals surface area (Å²) in [5.74, 6) is 0.155. The second kappa shape index (κ2) is 8.06. The minimum absolute atomic E-state index is 0.212. The molecule has 0 N–H and O–H groups in total. The highest BCUT2D eigenvalue weighted by molar-refractivity contribution is 5.55. The van der Waals surface area contributed by atoms with Crippen LogP contribution in [0.2, 0.25) is 0 Å². The number of nitrogens with zero attached hydrogens (tertiary/aromatic N) is 3. The first kappa shape index (κ1) is 17.4. The van der Waals surface area contributed by atoms with Crippen LogP contribution in [-0.2, 0) is 4.74 Å². The van der Waals surface area contributed by atoms with Crippen LogP contribution < -0.4 is 4.90 Å². The molecule has 0 atom stereocenters. The fraction of sp³-hybridized carbons (Fsp3) is 0.529.